The van der Waals surface area contributed by atoms with Crippen molar-refractivity contribution in [3.05, 3.63) is 71.8 Å². The Morgan fingerprint density at radius 2 is 1.05 bits per heavy atom. The molecule has 0 aliphatic carbocycles. The van der Waals surface area contributed by atoms with Crippen LogP contribution in [0.15, 0.2) is 60.7 Å². The Morgan fingerprint density at radius 1 is 0.684 bits per heavy atom. The van der Waals surface area contributed by atoms with Crippen molar-refractivity contribution in [1.82, 2.24) is 5.32 Å². The second-order valence-corrected chi connectivity index (χ2v) is 5.53. The van der Waals surface area contributed by atoms with E-state index in [0.717, 1.165) is 12.8 Å². The van der Waals surface area contributed by atoms with Gasteiger partial charge in [0.2, 0.25) is 0 Å². The molecule has 2 atom stereocenters. The molecule has 0 bridgehead atoms. The maximum absolute atomic E-state index is 6.28. The predicted molar refractivity (Wildman–Crippen MR) is 82.7 cm³/mol. The van der Waals surface area contributed by atoms with Crippen LogP contribution in [-0.4, -0.2) is 11.0 Å². The van der Waals surface area contributed by atoms with Crippen molar-refractivity contribution in [2.24, 2.45) is 0 Å². The minimum absolute atomic E-state index is 0.159. The van der Waals surface area contributed by atoms with Gasteiger partial charge in [-0.2, -0.15) is 0 Å². The molecule has 0 heterocycles. The molecule has 2 rings (SSSR count). The number of halogens is 2. The van der Waals surface area contributed by atoms with Gasteiger partial charge in [0.05, 0.1) is 11.0 Å². The average molecular weight is 294 g/mol. The molecular weight excluding hydrogens is 277 g/mol. The molecule has 0 fully saturated rings. The van der Waals surface area contributed by atoms with Gasteiger partial charge < -0.3 is 0 Å². The Labute approximate surface area is 124 Å². The average Bonchev–Trinajstić information content (AvgIpc) is 2.40. The van der Waals surface area contributed by atoms with Gasteiger partial charge in [0.1, 0.15) is 0 Å². The van der Waals surface area contributed by atoms with Gasteiger partial charge >= 0.3 is 0 Å². The molecule has 0 aromatic heterocycles. The number of alkyl halides is 2. The highest BCUT2D eigenvalue weighted by molar-refractivity contribution is 6.23. The summed E-state index contributed by atoms with van der Waals surface area (Å²) in [6, 6.07) is 20.3. The maximum Gasteiger partial charge on any atom is 0.0877 e. The van der Waals surface area contributed by atoms with E-state index < -0.39 is 0 Å². The number of hydrogen-bond donors (Lipinski definition) is 1. The third-order valence-corrected chi connectivity index (χ3v) is 3.44. The van der Waals surface area contributed by atoms with Crippen molar-refractivity contribution in [3.63, 3.8) is 0 Å². The van der Waals surface area contributed by atoms with Crippen molar-refractivity contribution < 1.29 is 0 Å². The Kier molecular flexibility index (Phi) is 5.71. The Bertz CT molecular complexity index is 427. The molecule has 1 N–H and O–H groups in total. The monoisotopic (exact) mass is 293 g/mol. The minimum Gasteiger partial charge on any atom is -0.285 e. The fraction of sp³-hybridized carbons (Fsp3) is 0.250. The third kappa shape index (κ3) is 5.23. The summed E-state index contributed by atoms with van der Waals surface area (Å²) >= 11 is 12.6. The zero-order valence-corrected chi connectivity index (χ0v) is 12.1. The highest BCUT2D eigenvalue weighted by Crippen LogP contribution is 2.11. The molecule has 3 heteroatoms. The molecule has 19 heavy (non-hydrogen) atoms. The van der Waals surface area contributed by atoms with Gasteiger partial charge in [0, 0.05) is 12.8 Å². The zero-order valence-electron chi connectivity index (χ0n) is 10.6. The first kappa shape index (κ1) is 14.4. The van der Waals surface area contributed by atoms with Crippen LogP contribution in [0, 0.1) is 0 Å². The lowest BCUT2D eigenvalue weighted by molar-refractivity contribution is 0.596. The van der Waals surface area contributed by atoms with Gasteiger partial charge in [0.25, 0.3) is 0 Å². The fourth-order valence-corrected chi connectivity index (χ4v) is 2.68. The Hall–Kier alpha value is -1.02. The summed E-state index contributed by atoms with van der Waals surface area (Å²) in [7, 11) is 0. The van der Waals surface area contributed by atoms with E-state index in [2.05, 4.69) is 29.6 Å². The summed E-state index contributed by atoms with van der Waals surface area (Å²) < 4.78 is 0. The van der Waals surface area contributed by atoms with Gasteiger partial charge in [-0.25, -0.2) is 0 Å². The van der Waals surface area contributed by atoms with Gasteiger partial charge in [0.15, 0.2) is 0 Å². The van der Waals surface area contributed by atoms with Crippen molar-refractivity contribution in [2.75, 3.05) is 0 Å². The Morgan fingerprint density at radius 3 is 1.42 bits per heavy atom. The van der Waals surface area contributed by atoms with E-state index in [1.54, 1.807) is 0 Å². The second kappa shape index (κ2) is 7.54. The molecule has 0 saturated heterocycles. The molecule has 0 aliphatic heterocycles. The molecule has 0 radical (unpaired) electrons. The van der Waals surface area contributed by atoms with Crippen molar-refractivity contribution in [3.8, 4) is 0 Å². The van der Waals surface area contributed by atoms with Gasteiger partial charge in [-0.1, -0.05) is 60.7 Å². The Balaban J connectivity index is 1.80. The largest absolute Gasteiger partial charge is 0.285 e. The first-order chi connectivity index (χ1) is 9.24. The predicted octanol–water partition coefficient (Wildman–Crippen LogP) is 4.19. The van der Waals surface area contributed by atoms with Crippen molar-refractivity contribution >= 4 is 23.2 Å². The van der Waals surface area contributed by atoms with E-state index in [-0.39, 0.29) is 11.0 Å². The number of benzene rings is 2. The van der Waals surface area contributed by atoms with Crippen LogP contribution in [0.5, 0.6) is 0 Å². The van der Waals surface area contributed by atoms with E-state index in [1.807, 2.05) is 36.4 Å². The second-order valence-electron chi connectivity index (χ2n) is 4.48. The molecule has 0 spiro atoms. The van der Waals surface area contributed by atoms with Crippen molar-refractivity contribution in [1.29, 1.82) is 0 Å². The fourth-order valence-electron chi connectivity index (χ4n) is 1.96. The van der Waals surface area contributed by atoms with Gasteiger partial charge in [-0.05, 0) is 11.1 Å². The van der Waals surface area contributed by atoms with Crippen LogP contribution in [0.2, 0.25) is 0 Å². The smallest absolute Gasteiger partial charge is 0.0877 e. The summed E-state index contributed by atoms with van der Waals surface area (Å²) in [5.74, 6) is 0. The van der Waals surface area contributed by atoms with E-state index in [4.69, 9.17) is 23.2 Å². The highest BCUT2D eigenvalue weighted by Gasteiger charge is 2.11. The molecule has 2 unspecified atom stereocenters. The van der Waals surface area contributed by atoms with Crippen molar-refractivity contribution in [2.45, 2.75) is 23.8 Å². The topological polar surface area (TPSA) is 12.0 Å². The van der Waals surface area contributed by atoms with E-state index in [9.17, 15) is 0 Å². The molecule has 0 aliphatic rings. The lowest BCUT2D eigenvalue weighted by atomic mass is 10.1. The summed E-state index contributed by atoms with van der Waals surface area (Å²) in [6.07, 6.45) is 1.53. The van der Waals surface area contributed by atoms with Crippen LogP contribution < -0.4 is 5.32 Å². The molecule has 0 saturated carbocycles. The van der Waals surface area contributed by atoms with Crippen LogP contribution in [-0.2, 0) is 12.8 Å². The first-order valence-corrected chi connectivity index (χ1v) is 7.23. The lowest BCUT2D eigenvalue weighted by Gasteiger charge is -2.17. The molecule has 100 valence electrons. The van der Waals surface area contributed by atoms with Crippen LogP contribution in [0.3, 0.4) is 0 Å². The number of nitrogens with one attached hydrogen (secondary N) is 1. The molecule has 0 amide bonds. The molecule has 2 aromatic rings. The third-order valence-electron chi connectivity index (χ3n) is 2.88. The number of hydrogen-bond acceptors (Lipinski definition) is 1. The first-order valence-electron chi connectivity index (χ1n) is 6.36. The summed E-state index contributed by atoms with van der Waals surface area (Å²) in [4.78, 5) is 0. The maximum atomic E-state index is 6.28. The summed E-state index contributed by atoms with van der Waals surface area (Å²) in [5, 5.41) is 3.21. The standard InChI is InChI=1S/C16H17Cl2N/c17-15(11-13-7-3-1-4-8-13)19-16(18)12-14-9-5-2-6-10-14/h1-10,15-16,19H,11-12H2. The minimum atomic E-state index is -0.159. The normalized spacial score (nSPS) is 14.0. The van der Waals surface area contributed by atoms with Crippen LogP contribution in [0.1, 0.15) is 11.1 Å². The molecule has 2 aromatic carbocycles. The van der Waals surface area contributed by atoms with Crippen LogP contribution in [0.4, 0.5) is 0 Å². The van der Waals surface area contributed by atoms with E-state index in [1.165, 1.54) is 11.1 Å². The highest BCUT2D eigenvalue weighted by atomic mass is 35.5. The number of rotatable bonds is 6. The van der Waals surface area contributed by atoms with Gasteiger partial charge in [-0.15, -0.1) is 23.2 Å². The summed E-state index contributed by atoms with van der Waals surface area (Å²) in [6.45, 7) is 0. The zero-order chi connectivity index (χ0) is 13.5. The van der Waals surface area contributed by atoms with E-state index >= 15 is 0 Å². The summed E-state index contributed by atoms with van der Waals surface area (Å²) in [5.41, 5.74) is 2.10. The molecular formula is C16H17Cl2N. The lowest BCUT2D eigenvalue weighted by Crippen LogP contribution is -2.34. The quantitative estimate of drug-likeness (QED) is 0.622. The SMILES string of the molecule is ClC(Cc1ccccc1)NC(Cl)Cc1ccccc1. The van der Waals surface area contributed by atoms with Gasteiger partial charge in [-0.3, -0.25) is 5.32 Å². The van der Waals surface area contributed by atoms with E-state index in [0.29, 0.717) is 0 Å². The van der Waals surface area contributed by atoms with Crippen LogP contribution in [0.25, 0.3) is 0 Å². The molecule has 1 nitrogen and oxygen atoms in total. The van der Waals surface area contributed by atoms with Crippen LogP contribution >= 0.6 is 23.2 Å².